The molecule has 1 aromatic heterocycles. The summed E-state index contributed by atoms with van der Waals surface area (Å²) in [6, 6.07) is -1.25. The molecule has 1 amide bonds. The highest BCUT2D eigenvalue weighted by atomic mass is 16.5. The Hall–Kier alpha value is -2.71. The number of rotatable bonds is 6. The molecule has 0 saturated carbocycles. The lowest BCUT2D eigenvalue weighted by atomic mass is 10.1. The van der Waals surface area contributed by atoms with E-state index in [0.29, 0.717) is 0 Å². The van der Waals surface area contributed by atoms with Gasteiger partial charge in [-0.25, -0.2) is 9.78 Å². The molecular weight excluding hydrogens is 270 g/mol. The molecule has 0 fully saturated rings. The van der Waals surface area contributed by atoms with Crippen LogP contribution in [0.4, 0.5) is 0 Å². The number of nitrogens with one attached hydrogen (secondary N) is 2. The molecule has 0 saturated heterocycles. The fourth-order valence-corrected chi connectivity index (χ4v) is 1.32. The van der Waals surface area contributed by atoms with Crippen molar-refractivity contribution in [3.05, 3.63) is 28.4 Å². The first-order chi connectivity index (χ1) is 9.43. The lowest BCUT2D eigenvalue weighted by Gasteiger charge is -2.13. The number of nitrogens with zero attached hydrogens (tertiary/aromatic N) is 1. The molecule has 0 radical (unpaired) electrons. The van der Waals surface area contributed by atoms with Crippen molar-refractivity contribution in [3.8, 4) is 0 Å². The minimum Gasteiger partial charge on any atom is -0.480 e. The summed E-state index contributed by atoms with van der Waals surface area (Å²) < 4.78 is 4.39. The normalized spacial score (nSPS) is 11.4. The van der Waals surface area contributed by atoms with Crippen LogP contribution in [0.2, 0.25) is 0 Å². The van der Waals surface area contributed by atoms with Gasteiger partial charge in [-0.3, -0.25) is 14.4 Å². The zero-order chi connectivity index (χ0) is 15.1. The van der Waals surface area contributed by atoms with Crippen LogP contribution < -0.4 is 10.9 Å². The number of carbonyl (C=O) groups is 3. The molecule has 0 spiro atoms. The Morgan fingerprint density at radius 2 is 2.20 bits per heavy atom. The molecule has 9 heteroatoms. The molecule has 1 atom stereocenters. The van der Waals surface area contributed by atoms with Gasteiger partial charge in [0.1, 0.15) is 11.7 Å². The number of H-pyrrole nitrogens is 1. The monoisotopic (exact) mass is 283 g/mol. The number of hydrogen-bond acceptors (Lipinski definition) is 6. The highest BCUT2D eigenvalue weighted by Crippen LogP contribution is 2.01. The number of esters is 1. The van der Waals surface area contributed by atoms with Crippen molar-refractivity contribution >= 4 is 17.8 Å². The van der Waals surface area contributed by atoms with Gasteiger partial charge in [-0.05, 0) is 6.42 Å². The molecule has 0 aliphatic heterocycles. The molecule has 0 bridgehead atoms. The Kier molecular flexibility index (Phi) is 5.39. The predicted molar refractivity (Wildman–Crippen MR) is 65.0 cm³/mol. The van der Waals surface area contributed by atoms with Gasteiger partial charge in [0.25, 0.3) is 11.5 Å². The molecule has 1 unspecified atom stereocenters. The summed E-state index contributed by atoms with van der Waals surface area (Å²) in [5.74, 6) is -2.63. The zero-order valence-corrected chi connectivity index (χ0v) is 10.6. The first-order valence-electron chi connectivity index (χ1n) is 5.59. The Morgan fingerprint density at radius 3 is 2.70 bits per heavy atom. The van der Waals surface area contributed by atoms with E-state index < -0.39 is 29.4 Å². The van der Waals surface area contributed by atoms with Crippen LogP contribution in [0.3, 0.4) is 0 Å². The number of aliphatic carboxylic acids is 1. The number of aromatic nitrogens is 2. The van der Waals surface area contributed by atoms with Gasteiger partial charge in [0.2, 0.25) is 0 Å². The fourth-order valence-electron chi connectivity index (χ4n) is 1.32. The van der Waals surface area contributed by atoms with Crippen LogP contribution in [0.5, 0.6) is 0 Å². The van der Waals surface area contributed by atoms with Gasteiger partial charge in [0.05, 0.1) is 13.3 Å². The average molecular weight is 283 g/mol. The molecule has 20 heavy (non-hydrogen) atoms. The summed E-state index contributed by atoms with van der Waals surface area (Å²) in [5, 5.41) is 11.2. The van der Waals surface area contributed by atoms with E-state index in [1.54, 1.807) is 0 Å². The molecule has 0 aliphatic rings. The standard InChI is InChI=1S/C11H13N3O6/c1-20-9(16)3-2-6(11(18)19)14-10(17)7-4-13-8(15)5-12-7/h4-6H,2-3H2,1H3,(H,13,15)(H,14,17)(H,18,19). The average Bonchev–Trinajstić information content (AvgIpc) is 2.43. The molecule has 108 valence electrons. The van der Waals surface area contributed by atoms with Crippen molar-refractivity contribution < 1.29 is 24.2 Å². The molecular formula is C11H13N3O6. The van der Waals surface area contributed by atoms with Crippen molar-refractivity contribution in [1.82, 2.24) is 15.3 Å². The summed E-state index contributed by atoms with van der Waals surface area (Å²) in [7, 11) is 1.18. The van der Waals surface area contributed by atoms with Crippen molar-refractivity contribution in [3.63, 3.8) is 0 Å². The second-order valence-electron chi connectivity index (χ2n) is 3.78. The molecule has 1 aromatic rings. The van der Waals surface area contributed by atoms with Crippen LogP contribution in [0.15, 0.2) is 17.2 Å². The van der Waals surface area contributed by atoms with Crippen molar-refractivity contribution in [2.45, 2.75) is 18.9 Å². The summed E-state index contributed by atoms with van der Waals surface area (Å²) in [6.45, 7) is 0. The van der Waals surface area contributed by atoms with Crippen molar-refractivity contribution in [1.29, 1.82) is 0 Å². The summed E-state index contributed by atoms with van der Waals surface area (Å²) >= 11 is 0. The van der Waals surface area contributed by atoms with Gasteiger partial charge in [-0.15, -0.1) is 0 Å². The summed E-state index contributed by atoms with van der Waals surface area (Å²) in [6.07, 6.45) is 1.71. The lowest BCUT2D eigenvalue weighted by Crippen LogP contribution is -2.41. The number of methoxy groups -OCH3 is 1. The van der Waals surface area contributed by atoms with Crippen LogP contribution in [0.1, 0.15) is 23.3 Å². The van der Waals surface area contributed by atoms with E-state index >= 15 is 0 Å². The number of aromatic amines is 1. The Labute approximate surface area is 113 Å². The van der Waals surface area contributed by atoms with Crippen molar-refractivity contribution in [2.24, 2.45) is 0 Å². The third kappa shape index (κ3) is 4.52. The van der Waals surface area contributed by atoms with E-state index in [0.717, 1.165) is 12.4 Å². The Morgan fingerprint density at radius 1 is 1.50 bits per heavy atom. The summed E-state index contributed by atoms with van der Waals surface area (Å²) in [4.78, 5) is 50.2. The van der Waals surface area contributed by atoms with Crippen LogP contribution in [-0.4, -0.2) is 46.1 Å². The molecule has 9 nitrogen and oxygen atoms in total. The van der Waals surface area contributed by atoms with Crippen LogP contribution in [0, 0.1) is 0 Å². The Bertz CT molecular complexity index is 547. The topological polar surface area (TPSA) is 138 Å². The minimum atomic E-state index is -1.29. The molecule has 1 heterocycles. The molecule has 0 aromatic carbocycles. The van der Waals surface area contributed by atoms with Crippen LogP contribution >= 0.6 is 0 Å². The minimum absolute atomic E-state index is 0.114. The third-order valence-electron chi connectivity index (χ3n) is 2.37. The van der Waals surface area contributed by atoms with Crippen LogP contribution in [-0.2, 0) is 14.3 Å². The number of carbonyl (C=O) groups excluding carboxylic acids is 2. The van der Waals surface area contributed by atoms with E-state index in [4.69, 9.17) is 5.11 Å². The quantitative estimate of drug-likeness (QED) is 0.563. The van der Waals surface area contributed by atoms with Crippen molar-refractivity contribution in [2.75, 3.05) is 7.11 Å². The van der Waals surface area contributed by atoms with Gasteiger partial charge < -0.3 is 20.1 Å². The maximum atomic E-state index is 11.7. The van der Waals surface area contributed by atoms with E-state index in [1.807, 2.05) is 0 Å². The lowest BCUT2D eigenvalue weighted by molar-refractivity contribution is -0.142. The number of ether oxygens (including phenoxy) is 1. The van der Waals surface area contributed by atoms with E-state index in [-0.39, 0.29) is 18.5 Å². The molecule has 0 aliphatic carbocycles. The number of carboxylic acids is 1. The smallest absolute Gasteiger partial charge is 0.326 e. The maximum Gasteiger partial charge on any atom is 0.326 e. The number of hydrogen-bond donors (Lipinski definition) is 3. The van der Waals surface area contributed by atoms with Gasteiger partial charge >= 0.3 is 11.9 Å². The van der Waals surface area contributed by atoms with E-state index in [1.165, 1.54) is 7.11 Å². The highest BCUT2D eigenvalue weighted by Gasteiger charge is 2.22. The number of carboxylic acid groups (broad SMARTS) is 1. The predicted octanol–water partition coefficient (Wildman–Crippen LogP) is -1.09. The highest BCUT2D eigenvalue weighted by molar-refractivity contribution is 5.94. The molecule has 3 N–H and O–H groups in total. The van der Waals surface area contributed by atoms with Gasteiger partial charge in [-0.1, -0.05) is 0 Å². The van der Waals surface area contributed by atoms with Gasteiger partial charge in [0.15, 0.2) is 0 Å². The second kappa shape index (κ2) is 7.02. The molecule has 1 rings (SSSR count). The fraction of sp³-hybridized carbons (Fsp3) is 0.364. The van der Waals surface area contributed by atoms with Crippen LogP contribution in [0.25, 0.3) is 0 Å². The first kappa shape index (κ1) is 15.3. The van der Waals surface area contributed by atoms with E-state index in [9.17, 15) is 19.2 Å². The number of amides is 1. The largest absolute Gasteiger partial charge is 0.480 e. The van der Waals surface area contributed by atoms with Gasteiger partial charge in [0, 0.05) is 12.6 Å². The first-order valence-corrected chi connectivity index (χ1v) is 5.59. The zero-order valence-electron chi connectivity index (χ0n) is 10.6. The SMILES string of the molecule is COC(=O)CCC(NC(=O)c1c[nH]c(=O)cn1)C(=O)O. The Balaban J connectivity index is 2.67. The third-order valence-corrected chi connectivity index (χ3v) is 2.37. The second-order valence-corrected chi connectivity index (χ2v) is 3.78. The van der Waals surface area contributed by atoms with Gasteiger partial charge in [-0.2, -0.15) is 0 Å². The maximum absolute atomic E-state index is 11.7. The van der Waals surface area contributed by atoms with E-state index in [2.05, 4.69) is 20.0 Å². The summed E-state index contributed by atoms with van der Waals surface area (Å²) in [5.41, 5.74) is -0.615.